The number of nitriles is 1. The van der Waals surface area contributed by atoms with E-state index >= 15 is 0 Å². The van der Waals surface area contributed by atoms with Gasteiger partial charge in [0.2, 0.25) is 0 Å². The van der Waals surface area contributed by atoms with Gasteiger partial charge in [-0.05, 0) is 6.26 Å². The molecule has 0 saturated carbocycles. The smallest absolute Gasteiger partial charge is 0.181 e. The topological polar surface area (TPSA) is 83.1 Å². The Labute approximate surface area is 137 Å². The number of ketones is 1. The Hall–Kier alpha value is -2.85. The Balaban J connectivity index is 1.95. The number of carbonyl (C=O) groups is 1. The van der Waals surface area contributed by atoms with E-state index in [2.05, 4.69) is 21.5 Å². The highest BCUT2D eigenvalue weighted by Crippen LogP contribution is 2.25. The number of hydrogen-bond acceptors (Lipinski definition) is 6. The molecule has 1 aromatic carbocycles. The van der Waals surface area contributed by atoms with Crippen molar-refractivity contribution in [3.8, 4) is 6.07 Å². The average molecular weight is 323 g/mol. The predicted octanol–water partition coefficient (Wildman–Crippen LogP) is 2.62. The number of aromatic nitrogens is 3. The summed E-state index contributed by atoms with van der Waals surface area (Å²) in [5.74, 6) is 0.424. The van der Waals surface area contributed by atoms with Crippen LogP contribution in [0, 0.1) is 11.3 Å². The van der Waals surface area contributed by atoms with Crippen molar-refractivity contribution in [1.82, 2.24) is 14.6 Å². The largest absolute Gasteiger partial charge is 0.361 e. The molecule has 7 heteroatoms. The van der Waals surface area contributed by atoms with Gasteiger partial charge in [-0.15, -0.1) is 11.8 Å². The fraction of sp³-hybridized carbons (Fsp3) is 0.125. The van der Waals surface area contributed by atoms with Crippen LogP contribution in [-0.2, 0) is 0 Å². The van der Waals surface area contributed by atoms with Gasteiger partial charge in [0.05, 0.1) is 12.7 Å². The summed E-state index contributed by atoms with van der Waals surface area (Å²) in [6, 6.07) is 12.9. The summed E-state index contributed by atoms with van der Waals surface area (Å²) in [5.41, 5.74) is 1.63. The van der Waals surface area contributed by atoms with Gasteiger partial charge in [-0.1, -0.05) is 30.3 Å². The zero-order chi connectivity index (χ0) is 16.2. The summed E-state index contributed by atoms with van der Waals surface area (Å²) in [5, 5.41) is 17.3. The summed E-state index contributed by atoms with van der Waals surface area (Å²) >= 11 is 1.38. The van der Waals surface area contributed by atoms with Gasteiger partial charge in [0, 0.05) is 11.6 Å². The highest BCUT2D eigenvalue weighted by atomic mass is 32.2. The standard InChI is InChI=1S/C16H13N5OS/c1-23-16-12(9-17)15(21-14(20-16)7-8-19-21)18-10-13(22)11-5-3-2-4-6-11/h2-8,18H,10H2,1H3. The molecule has 3 rings (SSSR count). The Morgan fingerprint density at radius 3 is 2.83 bits per heavy atom. The van der Waals surface area contributed by atoms with Crippen LogP contribution < -0.4 is 5.32 Å². The second-order valence-corrected chi connectivity index (χ2v) is 5.50. The van der Waals surface area contributed by atoms with Crippen LogP contribution in [0.15, 0.2) is 47.6 Å². The van der Waals surface area contributed by atoms with Crippen molar-refractivity contribution in [1.29, 1.82) is 5.26 Å². The predicted molar refractivity (Wildman–Crippen MR) is 88.7 cm³/mol. The van der Waals surface area contributed by atoms with Crippen LogP contribution in [-0.4, -0.2) is 33.2 Å². The number of benzene rings is 1. The zero-order valence-electron chi connectivity index (χ0n) is 12.4. The maximum absolute atomic E-state index is 12.3. The third-order valence-electron chi connectivity index (χ3n) is 3.32. The average Bonchev–Trinajstić information content (AvgIpc) is 3.07. The molecule has 0 saturated heterocycles. The summed E-state index contributed by atoms with van der Waals surface area (Å²) in [6.45, 7) is 0.0749. The van der Waals surface area contributed by atoms with E-state index in [4.69, 9.17) is 0 Å². The Kier molecular flexibility index (Phi) is 4.26. The summed E-state index contributed by atoms with van der Waals surface area (Å²) in [4.78, 5) is 16.6. The van der Waals surface area contributed by atoms with Crippen LogP contribution in [0.25, 0.3) is 5.65 Å². The third-order valence-corrected chi connectivity index (χ3v) is 4.00. The molecule has 0 aliphatic carbocycles. The van der Waals surface area contributed by atoms with Crippen molar-refractivity contribution >= 4 is 29.0 Å². The van der Waals surface area contributed by atoms with Gasteiger partial charge in [0.15, 0.2) is 17.2 Å². The lowest BCUT2D eigenvalue weighted by Crippen LogP contribution is -2.17. The molecule has 0 fully saturated rings. The van der Waals surface area contributed by atoms with Crippen molar-refractivity contribution in [3.05, 3.63) is 53.7 Å². The lowest BCUT2D eigenvalue weighted by atomic mass is 10.1. The first kappa shape index (κ1) is 15.1. The number of Topliss-reactive ketones (excluding diaryl/α,β-unsaturated/α-hetero) is 1. The Bertz CT molecular complexity index is 898. The molecule has 0 amide bonds. The molecule has 0 bridgehead atoms. The number of nitrogens with one attached hydrogen (secondary N) is 1. The molecule has 23 heavy (non-hydrogen) atoms. The molecule has 0 spiro atoms. The number of hydrogen-bond donors (Lipinski definition) is 1. The summed E-state index contributed by atoms with van der Waals surface area (Å²) < 4.78 is 1.54. The minimum atomic E-state index is -0.0580. The second-order valence-electron chi connectivity index (χ2n) is 4.70. The van der Waals surface area contributed by atoms with Crippen LogP contribution in [0.3, 0.4) is 0 Å². The summed E-state index contributed by atoms with van der Waals surface area (Å²) in [7, 11) is 0. The Morgan fingerprint density at radius 1 is 1.35 bits per heavy atom. The molecule has 0 aliphatic heterocycles. The molecule has 0 atom stereocenters. The highest BCUT2D eigenvalue weighted by molar-refractivity contribution is 7.98. The van der Waals surface area contributed by atoms with Gasteiger partial charge in [0.1, 0.15) is 16.7 Å². The van der Waals surface area contributed by atoms with Crippen molar-refractivity contribution < 1.29 is 4.79 Å². The van der Waals surface area contributed by atoms with Gasteiger partial charge >= 0.3 is 0 Å². The number of anilines is 1. The number of fused-ring (bicyclic) bond motifs is 1. The van der Waals surface area contributed by atoms with Crippen molar-refractivity contribution in [2.75, 3.05) is 18.1 Å². The maximum atomic E-state index is 12.3. The van der Waals surface area contributed by atoms with Crippen LogP contribution in [0.5, 0.6) is 0 Å². The fourth-order valence-corrected chi connectivity index (χ4v) is 2.75. The number of nitrogens with zero attached hydrogens (tertiary/aromatic N) is 4. The molecule has 0 radical (unpaired) electrons. The fourth-order valence-electron chi connectivity index (χ4n) is 2.22. The molecule has 0 aliphatic rings. The highest BCUT2D eigenvalue weighted by Gasteiger charge is 2.16. The molecule has 6 nitrogen and oxygen atoms in total. The van der Waals surface area contributed by atoms with Crippen molar-refractivity contribution in [2.24, 2.45) is 0 Å². The normalized spacial score (nSPS) is 10.4. The van der Waals surface area contributed by atoms with E-state index in [0.29, 0.717) is 27.6 Å². The SMILES string of the molecule is CSc1nc2ccnn2c(NCC(=O)c2ccccc2)c1C#N. The van der Waals surface area contributed by atoms with Gasteiger partial charge < -0.3 is 5.32 Å². The molecule has 2 heterocycles. The monoisotopic (exact) mass is 323 g/mol. The Morgan fingerprint density at radius 2 is 2.13 bits per heavy atom. The van der Waals surface area contributed by atoms with Crippen LogP contribution in [0.2, 0.25) is 0 Å². The number of carbonyl (C=O) groups excluding carboxylic acids is 1. The molecule has 3 aromatic rings. The first-order chi connectivity index (χ1) is 11.2. The molecule has 0 unspecified atom stereocenters. The molecule has 2 aromatic heterocycles. The molecule has 1 N–H and O–H groups in total. The van der Waals surface area contributed by atoms with Crippen LogP contribution in [0.4, 0.5) is 5.82 Å². The van der Waals surface area contributed by atoms with E-state index in [1.807, 2.05) is 24.5 Å². The lowest BCUT2D eigenvalue weighted by Gasteiger charge is -2.11. The molecular weight excluding hydrogens is 310 g/mol. The molecular formula is C16H13N5OS. The van der Waals surface area contributed by atoms with Gasteiger partial charge in [-0.3, -0.25) is 4.79 Å². The van der Waals surface area contributed by atoms with Crippen LogP contribution >= 0.6 is 11.8 Å². The van der Waals surface area contributed by atoms with Gasteiger partial charge in [-0.2, -0.15) is 14.9 Å². The van der Waals surface area contributed by atoms with Gasteiger partial charge in [-0.25, -0.2) is 4.98 Å². The lowest BCUT2D eigenvalue weighted by molar-refractivity contribution is 0.101. The van der Waals surface area contributed by atoms with E-state index in [-0.39, 0.29) is 12.3 Å². The van der Waals surface area contributed by atoms with E-state index < -0.39 is 0 Å². The minimum Gasteiger partial charge on any atom is -0.361 e. The van der Waals surface area contributed by atoms with Crippen LogP contribution in [0.1, 0.15) is 15.9 Å². The van der Waals surface area contributed by atoms with E-state index in [1.165, 1.54) is 16.3 Å². The van der Waals surface area contributed by atoms with E-state index in [1.54, 1.807) is 24.4 Å². The van der Waals surface area contributed by atoms with E-state index in [9.17, 15) is 10.1 Å². The minimum absolute atomic E-state index is 0.0580. The number of rotatable bonds is 5. The van der Waals surface area contributed by atoms with Gasteiger partial charge in [0.25, 0.3) is 0 Å². The van der Waals surface area contributed by atoms with Crippen molar-refractivity contribution in [2.45, 2.75) is 5.03 Å². The number of thioether (sulfide) groups is 1. The maximum Gasteiger partial charge on any atom is 0.181 e. The zero-order valence-corrected chi connectivity index (χ0v) is 13.2. The quantitative estimate of drug-likeness (QED) is 0.441. The molecule has 114 valence electrons. The third kappa shape index (κ3) is 2.89. The van der Waals surface area contributed by atoms with E-state index in [0.717, 1.165) is 0 Å². The first-order valence-corrected chi connectivity index (χ1v) is 8.11. The second kappa shape index (κ2) is 6.50. The van der Waals surface area contributed by atoms with Crippen molar-refractivity contribution in [3.63, 3.8) is 0 Å². The first-order valence-electron chi connectivity index (χ1n) is 6.88. The summed E-state index contributed by atoms with van der Waals surface area (Å²) in [6.07, 6.45) is 3.47.